The molecule has 1 aromatic heterocycles. The van der Waals surface area contributed by atoms with Gasteiger partial charge >= 0.3 is 0 Å². The van der Waals surface area contributed by atoms with Gasteiger partial charge in [-0.2, -0.15) is 10.2 Å². The highest BCUT2D eigenvalue weighted by Crippen LogP contribution is 2.29. The Morgan fingerprint density at radius 3 is 2.52 bits per heavy atom. The second kappa shape index (κ2) is 7.14. The van der Waals surface area contributed by atoms with Gasteiger partial charge in [0.2, 0.25) is 11.8 Å². The third kappa shape index (κ3) is 3.70. The average Bonchev–Trinajstić information content (AvgIpc) is 2.69. The van der Waals surface area contributed by atoms with Gasteiger partial charge < -0.3 is 10.1 Å². The van der Waals surface area contributed by atoms with Crippen molar-refractivity contribution in [2.24, 2.45) is 0 Å². The number of nitrogens with one attached hydrogen (secondary N) is 1. The molecule has 4 aromatic rings. The van der Waals surface area contributed by atoms with Crippen LogP contribution in [0.5, 0.6) is 11.6 Å². The number of nitriles is 1. The van der Waals surface area contributed by atoms with Crippen LogP contribution < -0.4 is 10.1 Å². The molecule has 0 spiro atoms. The van der Waals surface area contributed by atoms with Gasteiger partial charge in [-0.1, -0.05) is 24.3 Å². The Kier molecular flexibility index (Phi) is 4.38. The summed E-state index contributed by atoms with van der Waals surface area (Å²) in [5, 5.41) is 12.9. The first-order valence-corrected chi connectivity index (χ1v) is 8.50. The van der Waals surface area contributed by atoms with Crippen LogP contribution in [0, 0.1) is 18.3 Å². The Balaban J connectivity index is 1.72. The summed E-state index contributed by atoms with van der Waals surface area (Å²) in [6.07, 6.45) is 0. The topological polar surface area (TPSA) is 70.8 Å². The molecule has 0 aliphatic rings. The van der Waals surface area contributed by atoms with Crippen molar-refractivity contribution in [1.29, 1.82) is 5.26 Å². The molecule has 0 aliphatic carbocycles. The van der Waals surface area contributed by atoms with E-state index in [2.05, 4.69) is 21.4 Å². The van der Waals surface area contributed by atoms with Gasteiger partial charge in [-0.05, 0) is 61.0 Å². The number of ether oxygens (including phenoxy) is 1. The lowest BCUT2D eigenvalue weighted by atomic mass is 10.2. The molecule has 0 saturated heterocycles. The Labute approximate surface area is 156 Å². The zero-order valence-electron chi connectivity index (χ0n) is 14.7. The molecule has 0 aliphatic heterocycles. The maximum atomic E-state index is 8.92. The van der Waals surface area contributed by atoms with Gasteiger partial charge in [0, 0.05) is 5.69 Å². The number of benzene rings is 3. The number of anilines is 2. The molecule has 5 nitrogen and oxygen atoms in total. The van der Waals surface area contributed by atoms with Crippen molar-refractivity contribution < 1.29 is 4.74 Å². The second-order valence-electron chi connectivity index (χ2n) is 6.10. The molecule has 5 heteroatoms. The molecule has 0 atom stereocenters. The highest BCUT2D eigenvalue weighted by atomic mass is 16.5. The van der Waals surface area contributed by atoms with Gasteiger partial charge in [-0.15, -0.1) is 0 Å². The van der Waals surface area contributed by atoms with E-state index >= 15 is 0 Å². The van der Waals surface area contributed by atoms with Crippen molar-refractivity contribution in [3.8, 4) is 17.7 Å². The van der Waals surface area contributed by atoms with Crippen molar-refractivity contribution in [2.75, 3.05) is 5.32 Å². The SMILES string of the molecule is Cc1cccc(Oc2nc(Nc3ccc(C#N)cc3)nc3ccccc23)c1. The smallest absolute Gasteiger partial charge is 0.231 e. The fourth-order valence-corrected chi connectivity index (χ4v) is 2.73. The Hall–Kier alpha value is -3.91. The maximum absolute atomic E-state index is 8.92. The number of para-hydroxylation sites is 1. The Morgan fingerprint density at radius 1 is 0.926 bits per heavy atom. The van der Waals surface area contributed by atoms with Crippen LogP contribution in [-0.2, 0) is 0 Å². The van der Waals surface area contributed by atoms with Crippen LogP contribution in [0.15, 0.2) is 72.8 Å². The van der Waals surface area contributed by atoms with Crippen molar-refractivity contribution >= 4 is 22.5 Å². The van der Waals surface area contributed by atoms with Crippen molar-refractivity contribution in [3.63, 3.8) is 0 Å². The van der Waals surface area contributed by atoms with E-state index in [9.17, 15) is 0 Å². The number of hydrogen-bond acceptors (Lipinski definition) is 5. The van der Waals surface area contributed by atoms with Crippen LogP contribution in [0.25, 0.3) is 10.9 Å². The predicted octanol–water partition coefficient (Wildman–Crippen LogP) is 5.35. The van der Waals surface area contributed by atoms with E-state index in [1.165, 1.54) is 0 Å². The van der Waals surface area contributed by atoms with E-state index in [0.29, 0.717) is 17.4 Å². The third-order valence-corrected chi connectivity index (χ3v) is 4.04. The number of aryl methyl sites for hydroxylation is 1. The summed E-state index contributed by atoms with van der Waals surface area (Å²) in [6, 6.07) is 24.8. The van der Waals surface area contributed by atoms with Gasteiger partial charge in [0.1, 0.15) is 5.75 Å². The quantitative estimate of drug-likeness (QED) is 0.536. The molecule has 0 bridgehead atoms. The molecule has 0 fully saturated rings. The van der Waals surface area contributed by atoms with Gasteiger partial charge in [-0.3, -0.25) is 0 Å². The molecule has 1 heterocycles. The zero-order valence-corrected chi connectivity index (χ0v) is 14.7. The number of nitrogens with zero attached hydrogens (tertiary/aromatic N) is 3. The van der Waals surface area contributed by atoms with Crippen LogP contribution in [0.3, 0.4) is 0 Å². The van der Waals surface area contributed by atoms with E-state index in [-0.39, 0.29) is 0 Å². The molecule has 3 aromatic carbocycles. The molecule has 0 radical (unpaired) electrons. The van der Waals surface area contributed by atoms with E-state index in [4.69, 9.17) is 10.00 Å². The molecule has 0 saturated carbocycles. The molecule has 27 heavy (non-hydrogen) atoms. The largest absolute Gasteiger partial charge is 0.438 e. The monoisotopic (exact) mass is 352 g/mol. The zero-order chi connectivity index (χ0) is 18.6. The van der Waals surface area contributed by atoms with Crippen molar-refractivity contribution in [1.82, 2.24) is 9.97 Å². The van der Waals surface area contributed by atoms with Gasteiger partial charge in [0.15, 0.2) is 0 Å². The number of rotatable bonds is 4. The van der Waals surface area contributed by atoms with Crippen LogP contribution >= 0.6 is 0 Å². The average molecular weight is 352 g/mol. The van der Waals surface area contributed by atoms with Crippen molar-refractivity contribution in [2.45, 2.75) is 6.92 Å². The fraction of sp³-hybridized carbons (Fsp3) is 0.0455. The number of fused-ring (bicyclic) bond motifs is 1. The molecule has 0 unspecified atom stereocenters. The standard InChI is InChI=1S/C22H16N4O/c1-15-5-4-6-18(13-15)27-21-19-7-2-3-8-20(19)25-22(26-21)24-17-11-9-16(14-23)10-12-17/h2-13H,1H3,(H,24,25,26). The van der Waals surface area contributed by atoms with E-state index < -0.39 is 0 Å². The highest BCUT2D eigenvalue weighted by Gasteiger charge is 2.10. The van der Waals surface area contributed by atoms with Crippen molar-refractivity contribution in [3.05, 3.63) is 83.9 Å². The van der Waals surface area contributed by atoms with Gasteiger partial charge in [0.05, 0.1) is 22.5 Å². The maximum Gasteiger partial charge on any atom is 0.231 e. The van der Waals surface area contributed by atoms with Gasteiger partial charge in [-0.25, -0.2) is 4.98 Å². The summed E-state index contributed by atoms with van der Waals surface area (Å²) in [5.74, 6) is 1.64. The Morgan fingerprint density at radius 2 is 1.74 bits per heavy atom. The summed E-state index contributed by atoms with van der Waals surface area (Å²) in [6.45, 7) is 2.02. The second-order valence-corrected chi connectivity index (χ2v) is 6.10. The Bertz CT molecular complexity index is 1150. The molecular weight excluding hydrogens is 336 g/mol. The van der Waals surface area contributed by atoms with E-state index in [1.807, 2.05) is 67.6 Å². The molecule has 0 amide bonds. The summed E-state index contributed by atoms with van der Waals surface area (Å²) in [4.78, 5) is 9.12. The molecule has 4 rings (SSSR count). The molecule has 1 N–H and O–H groups in total. The highest BCUT2D eigenvalue weighted by molar-refractivity contribution is 5.85. The van der Waals surface area contributed by atoms with Crippen LogP contribution in [0.1, 0.15) is 11.1 Å². The van der Waals surface area contributed by atoms with E-state index in [1.54, 1.807) is 12.1 Å². The lowest BCUT2D eigenvalue weighted by Crippen LogP contribution is -2.00. The van der Waals surface area contributed by atoms with Crippen LogP contribution in [0.2, 0.25) is 0 Å². The van der Waals surface area contributed by atoms with Gasteiger partial charge in [0.25, 0.3) is 0 Å². The minimum atomic E-state index is 0.432. The summed E-state index contributed by atoms with van der Waals surface area (Å²) >= 11 is 0. The van der Waals surface area contributed by atoms with Crippen LogP contribution in [0.4, 0.5) is 11.6 Å². The number of hydrogen-bond donors (Lipinski definition) is 1. The summed E-state index contributed by atoms with van der Waals surface area (Å²) in [7, 11) is 0. The summed E-state index contributed by atoms with van der Waals surface area (Å²) < 4.78 is 6.05. The molecular formula is C22H16N4O. The first-order chi connectivity index (χ1) is 13.2. The van der Waals surface area contributed by atoms with Crippen LogP contribution in [-0.4, -0.2) is 9.97 Å². The lowest BCUT2D eigenvalue weighted by molar-refractivity contribution is 0.469. The predicted molar refractivity (Wildman–Crippen MR) is 105 cm³/mol. The minimum Gasteiger partial charge on any atom is -0.438 e. The minimum absolute atomic E-state index is 0.432. The lowest BCUT2D eigenvalue weighted by Gasteiger charge is -2.11. The third-order valence-electron chi connectivity index (χ3n) is 4.04. The van der Waals surface area contributed by atoms with E-state index in [0.717, 1.165) is 27.9 Å². The normalized spacial score (nSPS) is 10.4. The first-order valence-electron chi connectivity index (χ1n) is 8.50. The summed E-state index contributed by atoms with van der Waals surface area (Å²) in [5.41, 5.74) is 3.29. The number of aromatic nitrogens is 2. The fourth-order valence-electron chi connectivity index (χ4n) is 2.73. The first kappa shape index (κ1) is 16.6. The molecule has 130 valence electrons.